The summed E-state index contributed by atoms with van der Waals surface area (Å²) in [6.45, 7) is 0.513. The highest BCUT2D eigenvalue weighted by atomic mass is 35.5. The van der Waals surface area contributed by atoms with E-state index in [0.717, 1.165) is 17.5 Å². The largest absolute Gasteiger partial charge is 0.495 e. The van der Waals surface area contributed by atoms with Crippen molar-refractivity contribution in [2.45, 2.75) is 12.3 Å². The lowest BCUT2D eigenvalue weighted by Gasteiger charge is -2.16. The van der Waals surface area contributed by atoms with Crippen molar-refractivity contribution < 1.29 is 4.74 Å². The lowest BCUT2D eigenvalue weighted by molar-refractivity contribution is 0.414. The number of nitriles is 1. The van der Waals surface area contributed by atoms with Crippen molar-refractivity contribution in [3.05, 3.63) is 64.2 Å². The average Bonchev–Trinajstić information content (AvgIpc) is 2.52. The summed E-state index contributed by atoms with van der Waals surface area (Å²) in [5.41, 5.74) is 8.74. The number of hydrogen-bond acceptors (Lipinski definition) is 3. The van der Waals surface area contributed by atoms with Gasteiger partial charge in [-0.1, -0.05) is 29.8 Å². The second-order valence-electron chi connectivity index (χ2n) is 4.84. The van der Waals surface area contributed by atoms with Gasteiger partial charge >= 0.3 is 0 Å². The predicted molar refractivity (Wildman–Crippen MR) is 84.7 cm³/mol. The van der Waals surface area contributed by atoms with Gasteiger partial charge in [0.25, 0.3) is 0 Å². The topological polar surface area (TPSA) is 59.0 Å². The van der Waals surface area contributed by atoms with Crippen LogP contribution in [0.1, 0.15) is 22.6 Å². The molecule has 0 aliphatic heterocycles. The summed E-state index contributed by atoms with van der Waals surface area (Å²) in [5, 5.41) is 9.54. The summed E-state index contributed by atoms with van der Waals surface area (Å²) in [6.07, 6.45) is 0.772. The Morgan fingerprint density at radius 2 is 2.10 bits per heavy atom. The fourth-order valence-electron chi connectivity index (χ4n) is 2.33. The van der Waals surface area contributed by atoms with Gasteiger partial charge in [-0.2, -0.15) is 5.26 Å². The van der Waals surface area contributed by atoms with Crippen molar-refractivity contribution in [3.63, 3.8) is 0 Å². The number of nitrogens with zero attached hydrogens (tertiary/aromatic N) is 1. The smallest absolute Gasteiger partial charge is 0.137 e. The molecule has 2 aromatic rings. The molecule has 4 heteroatoms. The lowest BCUT2D eigenvalue weighted by atomic mass is 9.91. The molecule has 0 aliphatic carbocycles. The Bertz CT molecular complexity index is 664. The number of halogens is 1. The van der Waals surface area contributed by atoms with Crippen molar-refractivity contribution in [1.82, 2.24) is 0 Å². The van der Waals surface area contributed by atoms with E-state index in [1.54, 1.807) is 13.2 Å². The zero-order chi connectivity index (χ0) is 15.2. The highest BCUT2D eigenvalue weighted by molar-refractivity contribution is 6.32. The summed E-state index contributed by atoms with van der Waals surface area (Å²) in [7, 11) is 1.59. The van der Waals surface area contributed by atoms with Crippen LogP contribution in [0.5, 0.6) is 5.75 Å². The van der Waals surface area contributed by atoms with Gasteiger partial charge in [-0.25, -0.2) is 0 Å². The Morgan fingerprint density at radius 3 is 2.71 bits per heavy atom. The molecule has 0 heterocycles. The molecule has 1 unspecified atom stereocenters. The van der Waals surface area contributed by atoms with Gasteiger partial charge in [0.2, 0.25) is 0 Å². The number of methoxy groups -OCH3 is 1. The minimum Gasteiger partial charge on any atom is -0.495 e. The Morgan fingerprint density at radius 1 is 1.29 bits per heavy atom. The molecule has 0 bridgehead atoms. The van der Waals surface area contributed by atoms with Crippen molar-refractivity contribution in [2.24, 2.45) is 5.73 Å². The Labute approximate surface area is 129 Å². The van der Waals surface area contributed by atoms with Gasteiger partial charge in [-0.15, -0.1) is 0 Å². The van der Waals surface area contributed by atoms with E-state index in [1.165, 1.54) is 0 Å². The molecule has 2 aromatic carbocycles. The maximum atomic E-state index is 8.96. The summed E-state index contributed by atoms with van der Waals surface area (Å²) in [6, 6.07) is 15.5. The lowest BCUT2D eigenvalue weighted by Crippen LogP contribution is -2.15. The molecule has 1 atom stereocenters. The van der Waals surface area contributed by atoms with Crippen molar-refractivity contribution in [1.29, 1.82) is 5.26 Å². The quantitative estimate of drug-likeness (QED) is 0.919. The second kappa shape index (κ2) is 7.12. The van der Waals surface area contributed by atoms with Gasteiger partial charge < -0.3 is 10.5 Å². The van der Waals surface area contributed by atoms with Crippen molar-refractivity contribution in [2.75, 3.05) is 13.7 Å². The van der Waals surface area contributed by atoms with Crippen molar-refractivity contribution >= 4 is 11.6 Å². The van der Waals surface area contributed by atoms with Crippen LogP contribution in [0.2, 0.25) is 5.02 Å². The van der Waals surface area contributed by atoms with Crippen LogP contribution in [0, 0.1) is 11.3 Å². The van der Waals surface area contributed by atoms with Gasteiger partial charge in [-0.3, -0.25) is 0 Å². The SMILES string of the molecule is COc1ccc(C(CN)Cc2cccc(C#N)c2)cc1Cl. The van der Waals surface area contributed by atoms with E-state index in [9.17, 15) is 0 Å². The molecule has 0 aliphatic rings. The number of ether oxygens (including phenoxy) is 1. The third-order valence-electron chi connectivity index (χ3n) is 3.47. The van der Waals surface area contributed by atoms with Crippen LogP contribution in [0.25, 0.3) is 0 Å². The van der Waals surface area contributed by atoms with E-state index in [2.05, 4.69) is 6.07 Å². The fourth-order valence-corrected chi connectivity index (χ4v) is 2.59. The zero-order valence-corrected chi connectivity index (χ0v) is 12.6. The van der Waals surface area contributed by atoms with E-state index < -0.39 is 0 Å². The monoisotopic (exact) mass is 300 g/mol. The maximum absolute atomic E-state index is 8.96. The molecule has 0 amide bonds. The van der Waals surface area contributed by atoms with Crippen LogP contribution in [-0.4, -0.2) is 13.7 Å². The van der Waals surface area contributed by atoms with Crippen LogP contribution in [-0.2, 0) is 6.42 Å². The van der Waals surface area contributed by atoms with Gasteiger partial charge in [0.1, 0.15) is 5.75 Å². The average molecular weight is 301 g/mol. The molecule has 0 saturated carbocycles. The maximum Gasteiger partial charge on any atom is 0.137 e. The Balaban J connectivity index is 2.23. The van der Waals surface area contributed by atoms with E-state index in [1.807, 2.05) is 36.4 Å². The van der Waals surface area contributed by atoms with E-state index in [4.69, 9.17) is 27.3 Å². The van der Waals surface area contributed by atoms with E-state index in [-0.39, 0.29) is 5.92 Å². The molecule has 21 heavy (non-hydrogen) atoms. The number of hydrogen-bond donors (Lipinski definition) is 1. The molecule has 0 spiro atoms. The summed E-state index contributed by atoms with van der Waals surface area (Å²) in [4.78, 5) is 0. The molecular formula is C17H17ClN2O. The van der Waals surface area contributed by atoms with Crippen LogP contribution in [0.15, 0.2) is 42.5 Å². The zero-order valence-electron chi connectivity index (χ0n) is 11.8. The number of rotatable bonds is 5. The molecule has 108 valence electrons. The highest BCUT2D eigenvalue weighted by Crippen LogP contribution is 2.29. The minimum atomic E-state index is 0.155. The molecular weight excluding hydrogens is 284 g/mol. The summed E-state index contributed by atoms with van der Waals surface area (Å²) >= 11 is 6.17. The normalized spacial score (nSPS) is 11.7. The van der Waals surface area contributed by atoms with Gasteiger partial charge in [0.05, 0.1) is 23.8 Å². The molecule has 0 aromatic heterocycles. The minimum absolute atomic E-state index is 0.155. The first-order chi connectivity index (χ1) is 10.2. The molecule has 0 fully saturated rings. The third-order valence-corrected chi connectivity index (χ3v) is 3.77. The highest BCUT2D eigenvalue weighted by Gasteiger charge is 2.13. The third kappa shape index (κ3) is 3.75. The van der Waals surface area contributed by atoms with E-state index >= 15 is 0 Å². The number of benzene rings is 2. The summed E-state index contributed by atoms with van der Waals surface area (Å²) in [5.74, 6) is 0.810. The van der Waals surface area contributed by atoms with E-state index in [0.29, 0.717) is 22.9 Å². The fraction of sp³-hybridized carbons (Fsp3) is 0.235. The van der Waals surface area contributed by atoms with Crippen molar-refractivity contribution in [3.8, 4) is 11.8 Å². The first-order valence-electron chi connectivity index (χ1n) is 6.70. The molecule has 0 saturated heterocycles. The Hall–Kier alpha value is -2.02. The van der Waals surface area contributed by atoms with Crippen LogP contribution in [0.4, 0.5) is 0 Å². The van der Waals surface area contributed by atoms with Crippen LogP contribution >= 0.6 is 11.6 Å². The second-order valence-corrected chi connectivity index (χ2v) is 5.25. The van der Waals surface area contributed by atoms with Gasteiger partial charge in [0, 0.05) is 5.92 Å². The van der Waals surface area contributed by atoms with Gasteiger partial charge in [0.15, 0.2) is 0 Å². The predicted octanol–water partition coefficient (Wildman–Crippen LogP) is 3.51. The molecule has 2 N–H and O–H groups in total. The standard InChI is InChI=1S/C17H17ClN2O/c1-21-17-6-5-14(9-16(17)18)15(11-20)8-12-3-2-4-13(7-12)10-19/h2-7,9,15H,8,11,20H2,1H3. The molecule has 3 nitrogen and oxygen atoms in total. The molecule has 0 radical (unpaired) electrons. The van der Waals surface area contributed by atoms with Gasteiger partial charge in [-0.05, 0) is 48.4 Å². The molecule has 2 rings (SSSR count). The first-order valence-corrected chi connectivity index (χ1v) is 7.08. The Kier molecular flexibility index (Phi) is 5.21. The van der Waals surface area contributed by atoms with Crippen LogP contribution in [0.3, 0.4) is 0 Å². The summed E-state index contributed by atoms with van der Waals surface area (Å²) < 4.78 is 5.16. The number of nitrogens with two attached hydrogens (primary N) is 1. The first kappa shape index (κ1) is 15.4. The van der Waals surface area contributed by atoms with Crippen LogP contribution < -0.4 is 10.5 Å².